The van der Waals surface area contributed by atoms with Gasteiger partial charge >= 0.3 is 0 Å². The van der Waals surface area contributed by atoms with Crippen LogP contribution in [0.25, 0.3) is 10.4 Å². The smallest absolute Gasteiger partial charge is 0.225 e. The first-order valence-corrected chi connectivity index (χ1v) is 9.00. The lowest BCUT2D eigenvalue weighted by molar-refractivity contribution is -0.135. The predicted octanol–water partition coefficient (Wildman–Crippen LogP) is 4.11. The molecule has 24 heavy (non-hydrogen) atoms. The molecular formula is C19H23NO3S. The normalized spacial score (nSPS) is 14.1. The van der Waals surface area contributed by atoms with Crippen LogP contribution in [-0.2, 0) is 11.3 Å². The van der Waals surface area contributed by atoms with Gasteiger partial charge in [0.05, 0.1) is 13.7 Å². The predicted molar refractivity (Wildman–Crippen MR) is 96.8 cm³/mol. The van der Waals surface area contributed by atoms with E-state index in [1.54, 1.807) is 18.4 Å². The van der Waals surface area contributed by atoms with Crippen molar-refractivity contribution >= 4 is 17.2 Å². The molecular weight excluding hydrogens is 322 g/mol. The lowest BCUT2D eigenvalue weighted by Gasteiger charge is -2.22. The maximum absolute atomic E-state index is 12.4. The number of benzene rings is 1. The van der Waals surface area contributed by atoms with Gasteiger partial charge in [-0.1, -0.05) is 13.8 Å². The zero-order valence-corrected chi connectivity index (χ0v) is 15.4. The van der Waals surface area contributed by atoms with Gasteiger partial charge in [-0.05, 0) is 36.8 Å². The van der Waals surface area contributed by atoms with Gasteiger partial charge in [0.2, 0.25) is 5.91 Å². The number of methoxy groups -OCH3 is 1. The van der Waals surface area contributed by atoms with Crippen LogP contribution in [0.1, 0.15) is 24.3 Å². The molecule has 1 aliphatic heterocycles. The zero-order chi connectivity index (χ0) is 17.3. The van der Waals surface area contributed by atoms with Crippen molar-refractivity contribution in [1.82, 2.24) is 4.90 Å². The number of amides is 1. The van der Waals surface area contributed by atoms with Crippen molar-refractivity contribution in [1.29, 1.82) is 0 Å². The molecule has 1 aliphatic rings. The second-order valence-electron chi connectivity index (χ2n) is 6.34. The Morgan fingerprint density at radius 2 is 2.12 bits per heavy atom. The van der Waals surface area contributed by atoms with E-state index >= 15 is 0 Å². The van der Waals surface area contributed by atoms with E-state index in [9.17, 15) is 4.79 Å². The number of thiophene rings is 1. The Balaban J connectivity index is 2.02. The van der Waals surface area contributed by atoms with Crippen LogP contribution in [0, 0.1) is 12.8 Å². The number of carbonyl (C=O) groups is 1. The Morgan fingerprint density at radius 3 is 2.75 bits per heavy atom. The molecule has 2 heterocycles. The van der Waals surface area contributed by atoms with Gasteiger partial charge in [0.25, 0.3) is 0 Å². The van der Waals surface area contributed by atoms with Crippen LogP contribution in [0.4, 0.5) is 0 Å². The molecule has 0 fully saturated rings. The first-order valence-electron chi connectivity index (χ1n) is 8.19. The van der Waals surface area contributed by atoms with Gasteiger partial charge < -0.3 is 14.4 Å². The molecule has 0 saturated carbocycles. The second kappa shape index (κ2) is 6.85. The minimum atomic E-state index is -0.0171. The summed E-state index contributed by atoms with van der Waals surface area (Å²) in [6.45, 7) is 7.60. The number of hydrogen-bond donors (Lipinski definition) is 0. The summed E-state index contributed by atoms with van der Waals surface area (Å²) < 4.78 is 11.5. The van der Waals surface area contributed by atoms with Gasteiger partial charge in [0.15, 0.2) is 11.5 Å². The number of nitrogens with zero attached hydrogens (tertiary/aromatic N) is 1. The lowest BCUT2D eigenvalue weighted by atomic mass is 10.1. The third kappa shape index (κ3) is 3.26. The maximum Gasteiger partial charge on any atom is 0.225 e. The Labute approximate surface area is 147 Å². The summed E-state index contributed by atoms with van der Waals surface area (Å²) in [7, 11) is 1.66. The van der Waals surface area contributed by atoms with E-state index in [2.05, 4.69) is 25.1 Å². The molecule has 2 aromatic rings. The Bertz CT molecular complexity index is 751. The van der Waals surface area contributed by atoms with Crippen molar-refractivity contribution in [3.8, 4) is 21.9 Å². The van der Waals surface area contributed by atoms with Gasteiger partial charge in [-0.25, -0.2) is 0 Å². The first kappa shape index (κ1) is 16.8. The molecule has 1 aromatic carbocycles. The van der Waals surface area contributed by atoms with Crippen molar-refractivity contribution in [3.63, 3.8) is 0 Å². The molecule has 0 atom stereocenters. The fraction of sp³-hybridized carbons (Fsp3) is 0.421. The lowest BCUT2D eigenvalue weighted by Crippen LogP contribution is -2.35. The van der Waals surface area contributed by atoms with E-state index < -0.39 is 0 Å². The second-order valence-corrected chi connectivity index (χ2v) is 7.63. The van der Waals surface area contributed by atoms with Crippen LogP contribution in [0.3, 0.4) is 0 Å². The molecule has 0 bridgehead atoms. The van der Waals surface area contributed by atoms with Crippen LogP contribution in [0.2, 0.25) is 0 Å². The average Bonchev–Trinajstić information content (AvgIpc) is 2.88. The largest absolute Gasteiger partial charge is 0.493 e. The van der Waals surface area contributed by atoms with Crippen LogP contribution in [0.5, 0.6) is 11.5 Å². The summed E-state index contributed by atoms with van der Waals surface area (Å²) in [6, 6.07) is 8.37. The quantitative estimate of drug-likeness (QED) is 0.840. The minimum absolute atomic E-state index is 0.0171. The van der Waals surface area contributed by atoms with E-state index in [1.807, 2.05) is 24.8 Å². The number of aryl methyl sites for hydroxylation is 1. The summed E-state index contributed by atoms with van der Waals surface area (Å²) in [5.41, 5.74) is 2.10. The molecule has 3 rings (SSSR count). The highest BCUT2D eigenvalue weighted by Crippen LogP contribution is 2.40. The molecule has 5 heteroatoms. The van der Waals surface area contributed by atoms with Crippen LogP contribution < -0.4 is 9.47 Å². The van der Waals surface area contributed by atoms with Gasteiger partial charge in [-0.15, -0.1) is 11.3 Å². The number of fused-ring (bicyclic) bond motifs is 1. The van der Waals surface area contributed by atoms with Crippen LogP contribution >= 0.6 is 11.3 Å². The maximum atomic E-state index is 12.4. The SMILES string of the molecule is COc1cc(-c2ccc(C)s2)cc2c1OCCN(C(=O)C(C)C)C2. The molecule has 0 aliphatic carbocycles. The Kier molecular flexibility index (Phi) is 4.81. The van der Waals surface area contributed by atoms with Crippen molar-refractivity contribution in [3.05, 3.63) is 34.7 Å². The fourth-order valence-corrected chi connectivity index (χ4v) is 3.78. The summed E-state index contributed by atoms with van der Waals surface area (Å²) in [5.74, 6) is 1.63. The standard InChI is InChI=1S/C19H23NO3S/c1-12(2)19(21)20-7-8-23-18-15(11-20)9-14(10-16(18)22-4)17-6-5-13(3)24-17/h5-6,9-10,12H,7-8,11H2,1-4H3. The molecule has 0 spiro atoms. The van der Waals surface area contributed by atoms with E-state index in [-0.39, 0.29) is 11.8 Å². The minimum Gasteiger partial charge on any atom is -0.493 e. The van der Waals surface area contributed by atoms with Crippen molar-refractivity contribution < 1.29 is 14.3 Å². The molecule has 0 N–H and O–H groups in total. The summed E-state index contributed by atoms with van der Waals surface area (Å²) in [4.78, 5) is 16.8. The highest BCUT2D eigenvalue weighted by atomic mass is 32.1. The van der Waals surface area contributed by atoms with Gasteiger partial charge in [0.1, 0.15) is 6.61 Å². The molecule has 128 valence electrons. The first-order chi connectivity index (χ1) is 11.5. The molecule has 0 radical (unpaired) electrons. The molecule has 0 unspecified atom stereocenters. The van der Waals surface area contributed by atoms with Gasteiger partial charge in [-0.2, -0.15) is 0 Å². The molecule has 1 aromatic heterocycles. The van der Waals surface area contributed by atoms with Crippen molar-refractivity contribution in [2.75, 3.05) is 20.3 Å². The Morgan fingerprint density at radius 1 is 1.33 bits per heavy atom. The van der Waals surface area contributed by atoms with Crippen LogP contribution in [0.15, 0.2) is 24.3 Å². The fourth-order valence-electron chi connectivity index (χ4n) is 2.92. The molecule has 1 amide bonds. The summed E-state index contributed by atoms with van der Waals surface area (Å²) in [5, 5.41) is 0. The van der Waals surface area contributed by atoms with E-state index in [0.717, 1.165) is 22.6 Å². The van der Waals surface area contributed by atoms with Crippen molar-refractivity contribution in [2.24, 2.45) is 5.92 Å². The highest BCUT2D eigenvalue weighted by Gasteiger charge is 2.24. The number of ether oxygens (including phenoxy) is 2. The molecule has 0 saturated heterocycles. The summed E-state index contributed by atoms with van der Waals surface area (Å²) >= 11 is 1.75. The van der Waals surface area contributed by atoms with Gasteiger partial charge in [-0.3, -0.25) is 4.79 Å². The topological polar surface area (TPSA) is 38.8 Å². The molecule has 4 nitrogen and oxygen atoms in total. The number of rotatable bonds is 3. The van der Waals surface area contributed by atoms with E-state index in [1.165, 1.54) is 9.75 Å². The van der Waals surface area contributed by atoms with Gasteiger partial charge in [0, 0.05) is 27.8 Å². The van der Waals surface area contributed by atoms with E-state index in [4.69, 9.17) is 9.47 Å². The van der Waals surface area contributed by atoms with E-state index in [0.29, 0.717) is 19.7 Å². The van der Waals surface area contributed by atoms with Crippen molar-refractivity contribution in [2.45, 2.75) is 27.3 Å². The Hall–Kier alpha value is -2.01. The monoisotopic (exact) mass is 345 g/mol. The number of hydrogen-bond acceptors (Lipinski definition) is 4. The highest BCUT2D eigenvalue weighted by molar-refractivity contribution is 7.15. The zero-order valence-electron chi connectivity index (χ0n) is 14.6. The average molecular weight is 345 g/mol. The number of carbonyl (C=O) groups excluding carboxylic acids is 1. The van der Waals surface area contributed by atoms with Crippen LogP contribution in [-0.4, -0.2) is 31.1 Å². The third-order valence-corrected chi connectivity index (χ3v) is 5.20. The summed E-state index contributed by atoms with van der Waals surface area (Å²) in [6.07, 6.45) is 0. The third-order valence-electron chi connectivity index (χ3n) is 4.15.